The van der Waals surface area contributed by atoms with Crippen molar-refractivity contribution < 1.29 is 13.2 Å². The van der Waals surface area contributed by atoms with Crippen molar-refractivity contribution in [2.75, 3.05) is 6.61 Å². The van der Waals surface area contributed by atoms with Gasteiger partial charge >= 0.3 is 0 Å². The zero-order chi connectivity index (χ0) is 14.2. The molecule has 0 radical (unpaired) electrons. The van der Waals surface area contributed by atoms with Gasteiger partial charge < -0.3 is 4.74 Å². The van der Waals surface area contributed by atoms with Gasteiger partial charge in [0, 0.05) is 0 Å². The third-order valence-electron chi connectivity index (χ3n) is 3.97. The van der Waals surface area contributed by atoms with E-state index in [1.165, 1.54) is 19.3 Å². The molecular formula is C14H21NO3S. The lowest BCUT2D eigenvalue weighted by atomic mass is 9.86. The lowest BCUT2D eigenvalue weighted by Crippen LogP contribution is -2.20. The van der Waals surface area contributed by atoms with Crippen LogP contribution in [0.25, 0.3) is 0 Å². The quantitative estimate of drug-likeness (QED) is 0.922. The Bertz CT molecular complexity index is 589. The highest BCUT2D eigenvalue weighted by atomic mass is 32.2. The molecule has 4 nitrogen and oxygen atoms in total. The van der Waals surface area contributed by atoms with Gasteiger partial charge in [0.05, 0.1) is 11.5 Å². The molecule has 0 amide bonds. The Kier molecular flexibility index (Phi) is 3.87. The zero-order valence-electron chi connectivity index (χ0n) is 11.7. The SMILES string of the molecule is Cc1cc(S(N)(=O)=O)c(C)c(C)c1OCC1CCC1. The summed E-state index contributed by atoms with van der Waals surface area (Å²) in [5, 5.41) is 5.23. The Hall–Kier alpha value is -1.07. The van der Waals surface area contributed by atoms with Gasteiger partial charge in [-0.1, -0.05) is 6.42 Å². The molecule has 1 saturated carbocycles. The predicted molar refractivity (Wildman–Crippen MR) is 74.9 cm³/mol. The first-order chi connectivity index (χ1) is 8.80. The van der Waals surface area contributed by atoms with Crippen molar-refractivity contribution in [2.45, 2.75) is 44.9 Å². The van der Waals surface area contributed by atoms with Crippen molar-refractivity contribution in [3.05, 3.63) is 22.8 Å². The van der Waals surface area contributed by atoms with Crippen LogP contribution in [0, 0.1) is 26.7 Å². The largest absolute Gasteiger partial charge is 0.493 e. The summed E-state index contributed by atoms with van der Waals surface area (Å²) >= 11 is 0. The molecule has 106 valence electrons. The summed E-state index contributed by atoms with van der Waals surface area (Å²) in [5.74, 6) is 1.45. The first kappa shape index (κ1) is 14.3. The minimum absolute atomic E-state index is 0.193. The number of primary sulfonamides is 1. The predicted octanol–water partition coefficient (Wildman–Crippen LogP) is 2.44. The van der Waals surface area contributed by atoms with Gasteiger partial charge in [-0.3, -0.25) is 0 Å². The van der Waals surface area contributed by atoms with Crippen LogP contribution in [-0.4, -0.2) is 15.0 Å². The van der Waals surface area contributed by atoms with Gasteiger partial charge in [0.25, 0.3) is 0 Å². The highest BCUT2D eigenvalue weighted by Gasteiger charge is 2.21. The van der Waals surface area contributed by atoms with Gasteiger partial charge in [-0.2, -0.15) is 0 Å². The lowest BCUT2D eigenvalue weighted by molar-refractivity contribution is 0.179. The van der Waals surface area contributed by atoms with Gasteiger partial charge in [0.1, 0.15) is 5.75 Å². The molecule has 5 heteroatoms. The van der Waals surface area contributed by atoms with E-state index in [0.717, 1.165) is 23.5 Å². The van der Waals surface area contributed by atoms with Gasteiger partial charge in [-0.15, -0.1) is 0 Å². The maximum atomic E-state index is 11.5. The van der Waals surface area contributed by atoms with E-state index in [0.29, 0.717) is 11.5 Å². The summed E-state index contributed by atoms with van der Waals surface area (Å²) in [7, 11) is -3.68. The molecular weight excluding hydrogens is 262 g/mol. The van der Waals surface area contributed by atoms with Gasteiger partial charge in [-0.05, 0) is 62.3 Å². The molecule has 0 saturated heterocycles. The van der Waals surface area contributed by atoms with Gasteiger partial charge in [-0.25, -0.2) is 13.6 Å². The second-order valence-corrected chi connectivity index (χ2v) is 6.95. The molecule has 1 fully saturated rings. The topological polar surface area (TPSA) is 69.4 Å². The fourth-order valence-electron chi connectivity index (χ4n) is 2.40. The summed E-state index contributed by atoms with van der Waals surface area (Å²) in [5.41, 5.74) is 2.37. The Morgan fingerprint density at radius 3 is 2.37 bits per heavy atom. The number of rotatable bonds is 4. The maximum Gasteiger partial charge on any atom is 0.238 e. The second-order valence-electron chi connectivity index (χ2n) is 5.42. The average Bonchev–Trinajstić information content (AvgIpc) is 2.24. The monoisotopic (exact) mass is 283 g/mol. The van der Waals surface area contributed by atoms with Gasteiger partial charge in [0.15, 0.2) is 0 Å². The molecule has 0 aromatic heterocycles. The number of hydrogen-bond donors (Lipinski definition) is 1. The van der Waals surface area contributed by atoms with E-state index in [1.54, 1.807) is 13.0 Å². The van der Waals surface area contributed by atoms with Crippen LogP contribution in [0.15, 0.2) is 11.0 Å². The maximum absolute atomic E-state index is 11.5. The molecule has 0 unspecified atom stereocenters. The van der Waals surface area contributed by atoms with Crippen molar-refractivity contribution in [2.24, 2.45) is 11.1 Å². The van der Waals surface area contributed by atoms with E-state index >= 15 is 0 Å². The van der Waals surface area contributed by atoms with E-state index in [1.807, 2.05) is 13.8 Å². The van der Waals surface area contributed by atoms with Crippen molar-refractivity contribution in [3.8, 4) is 5.75 Å². The van der Waals surface area contributed by atoms with Crippen LogP contribution in [0.2, 0.25) is 0 Å². The Labute approximate surface area is 115 Å². The zero-order valence-corrected chi connectivity index (χ0v) is 12.5. The molecule has 2 N–H and O–H groups in total. The Morgan fingerprint density at radius 1 is 1.26 bits per heavy atom. The summed E-state index contributed by atoms with van der Waals surface area (Å²) in [4.78, 5) is 0.193. The first-order valence-corrected chi connectivity index (χ1v) is 8.11. The molecule has 19 heavy (non-hydrogen) atoms. The number of hydrogen-bond acceptors (Lipinski definition) is 3. The molecule has 1 aliphatic carbocycles. The van der Waals surface area contributed by atoms with Crippen LogP contribution in [0.1, 0.15) is 36.0 Å². The molecule has 1 aromatic rings. The summed E-state index contributed by atoms with van der Waals surface area (Å²) < 4.78 is 28.9. The van der Waals surface area contributed by atoms with Crippen molar-refractivity contribution in [1.82, 2.24) is 0 Å². The lowest BCUT2D eigenvalue weighted by Gasteiger charge is -2.26. The Morgan fingerprint density at radius 2 is 1.89 bits per heavy atom. The second kappa shape index (κ2) is 5.13. The number of sulfonamides is 1. The van der Waals surface area contributed by atoms with Crippen LogP contribution < -0.4 is 9.88 Å². The molecule has 0 bridgehead atoms. The summed E-state index contributed by atoms with van der Waals surface area (Å²) in [6, 6.07) is 1.60. The highest BCUT2D eigenvalue weighted by molar-refractivity contribution is 7.89. The van der Waals surface area contributed by atoms with Gasteiger partial charge in [0.2, 0.25) is 10.0 Å². The summed E-state index contributed by atoms with van der Waals surface area (Å²) in [6.07, 6.45) is 3.74. The van der Waals surface area contributed by atoms with E-state index < -0.39 is 10.0 Å². The molecule has 1 aliphatic rings. The molecule has 2 rings (SSSR count). The van der Waals surface area contributed by atoms with Crippen molar-refractivity contribution in [1.29, 1.82) is 0 Å². The number of benzene rings is 1. The van der Waals surface area contributed by atoms with Crippen LogP contribution in [0.5, 0.6) is 5.75 Å². The minimum Gasteiger partial charge on any atom is -0.493 e. The van der Waals surface area contributed by atoms with Crippen LogP contribution in [0.4, 0.5) is 0 Å². The first-order valence-electron chi connectivity index (χ1n) is 6.57. The van der Waals surface area contributed by atoms with E-state index in [2.05, 4.69) is 0 Å². The summed E-state index contributed by atoms with van der Waals surface area (Å²) in [6.45, 7) is 6.23. The fraction of sp³-hybridized carbons (Fsp3) is 0.571. The van der Waals surface area contributed by atoms with Crippen LogP contribution in [-0.2, 0) is 10.0 Å². The third-order valence-corrected chi connectivity index (χ3v) is 5.01. The van der Waals surface area contributed by atoms with Crippen LogP contribution >= 0.6 is 0 Å². The van der Waals surface area contributed by atoms with E-state index in [4.69, 9.17) is 9.88 Å². The Balaban J connectivity index is 2.32. The standard InChI is InChI=1S/C14H21NO3S/c1-9-7-13(19(15,16)17)10(2)11(3)14(9)18-8-12-5-4-6-12/h7,12H,4-6,8H2,1-3H3,(H2,15,16,17). The molecule has 0 heterocycles. The number of ether oxygens (including phenoxy) is 1. The highest BCUT2D eigenvalue weighted by Crippen LogP contribution is 2.33. The number of nitrogens with two attached hydrogens (primary N) is 1. The molecule has 0 atom stereocenters. The molecule has 1 aromatic carbocycles. The van der Waals surface area contributed by atoms with Crippen molar-refractivity contribution >= 4 is 10.0 Å². The van der Waals surface area contributed by atoms with Crippen LogP contribution in [0.3, 0.4) is 0 Å². The molecule has 0 spiro atoms. The normalized spacial score (nSPS) is 16.2. The van der Waals surface area contributed by atoms with E-state index in [-0.39, 0.29) is 4.90 Å². The van der Waals surface area contributed by atoms with Crippen molar-refractivity contribution in [3.63, 3.8) is 0 Å². The number of aryl methyl sites for hydroxylation is 1. The van der Waals surface area contributed by atoms with E-state index in [9.17, 15) is 8.42 Å². The third kappa shape index (κ3) is 2.92. The average molecular weight is 283 g/mol. The molecule has 0 aliphatic heterocycles. The minimum atomic E-state index is -3.68. The smallest absolute Gasteiger partial charge is 0.238 e. The fourth-order valence-corrected chi connectivity index (χ4v) is 3.32.